The number of benzene rings is 1. The Kier molecular flexibility index (Phi) is 6.46. The number of hydrogen-bond donors (Lipinski definition) is 2. The Morgan fingerprint density at radius 1 is 1.25 bits per heavy atom. The summed E-state index contributed by atoms with van der Waals surface area (Å²) in [7, 11) is 0. The summed E-state index contributed by atoms with van der Waals surface area (Å²) in [5.41, 5.74) is 2.28. The zero-order valence-corrected chi connectivity index (χ0v) is 17.1. The lowest BCUT2D eigenvalue weighted by Gasteiger charge is -2.33. The summed E-state index contributed by atoms with van der Waals surface area (Å²) in [5.74, 6) is 1.32. The molecule has 0 bridgehead atoms. The molecule has 0 spiro atoms. The van der Waals surface area contributed by atoms with Gasteiger partial charge in [0.1, 0.15) is 0 Å². The van der Waals surface area contributed by atoms with E-state index in [0.717, 1.165) is 30.9 Å². The van der Waals surface area contributed by atoms with Gasteiger partial charge in [0.05, 0.1) is 0 Å². The zero-order valence-electron chi connectivity index (χ0n) is 16.4. The van der Waals surface area contributed by atoms with E-state index in [1.54, 1.807) is 24.3 Å². The van der Waals surface area contributed by atoms with Crippen LogP contribution in [-0.4, -0.2) is 39.9 Å². The number of aliphatic imine (C=N–C) groups is 1. The molecular weight excluding hydrogens is 376 g/mol. The van der Waals surface area contributed by atoms with Crippen LogP contribution in [0, 0.1) is 19.8 Å². The van der Waals surface area contributed by atoms with Crippen molar-refractivity contribution >= 4 is 35.2 Å². The lowest BCUT2D eigenvalue weighted by Crippen LogP contribution is -2.49. The highest BCUT2D eigenvalue weighted by molar-refractivity contribution is 6.30. The first-order valence-corrected chi connectivity index (χ1v) is 9.76. The first kappa shape index (κ1) is 20.1. The highest BCUT2D eigenvalue weighted by atomic mass is 35.5. The highest BCUT2D eigenvalue weighted by Gasteiger charge is 2.22. The first-order valence-electron chi connectivity index (χ1n) is 9.38. The summed E-state index contributed by atoms with van der Waals surface area (Å²) in [5, 5.41) is 6.21. The van der Waals surface area contributed by atoms with Gasteiger partial charge in [0.2, 0.25) is 5.96 Å². The van der Waals surface area contributed by atoms with E-state index in [1.165, 1.54) is 6.42 Å². The van der Waals surface area contributed by atoms with Gasteiger partial charge in [0, 0.05) is 35.2 Å². The minimum Gasteiger partial charge on any atom is -0.342 e. The number of carbonyl (C=O) groups excluding carboxylic acids is 1. The summed E-state index contributed by atoms with van der Waals surface area (Å²) in [6.45, 7) is 7.64. The van der Waals surface area contributed by atoms with Gasteiger partial charge in [-0.15, -0.1) is 0 Å². The third-order valence-corrected chi connectivity index (χ3v) is 4.68. The quantitative estimate of drug-likeness (QED) is 0.582. The third kappa shape index (κ3) is 5.66. The van der Waals surface area contributed by atoms with Gasteiger partial charge in [-0.05, 0) is 56.9 Å². The van der Waals surface area contributed by atoms with Gasteiger partial charge in [0.25, 0.3) is 5.95 Å². The fraction of sp³-hybridized carbons (Fsp3) is 0.400. The van der Waals surface area contributed by atoms with Crippen LogP contribution in [0.2, 0.25) is 5.02 Å². The van der Waals surface area contributed by atoms with Crippen LogP contribution >= 0.6 is 11.6 Å². The Morgan fingerprint density at radius 3 is 2.68 bits per heavy atom. The number of halogens is 1. The second kappa shape index (κ2) is 9.01. The molecule has 1 aliphatic heterocycles. The van der Waals surface area contributed by atoms with Crippen molar-refractivity contribution in [2.75, 3.05) is 18.4 Å². The molecule has 148 valence electrons. The van der Waals surface area contributed by atoms with Gasteiger partial charge in [-0.1, -0.05) is 24.6 Å². The number of anilines is 1. The molecule has 1 unspecified atom stereocenters. The Balaban J connectivity index is 1.83. The Bertz CT molecular complexity index is 864. The molecule has 0 aliphatic carbocycles. The van der Waals surface area contributed by atoms with Gasteiger partial charge >= 0.3 is 6.03 Å². The number of nitrogens with zero attached hydrogens (tertiary/aromatic N) is 4. The zero-order chi connectivity index (χ0) is 20.1. The van der Waals surface area contributed by atoms with Crippen LogP contribution in [-0.2, 0) is 0 Å². The maximum atomic E-state index is 12.6. The molecule has 8 heteroatoms. The molecular formula is C20H25ClN6O. The Hall–Kier alpha value is -2.67. The summed E-state index contributed by atoms with van der Waals surface area (Å²) in [6.07, 6.45) is 2.21. The minimum absolute atomic E-state index is 0.341. The molecule has 1 aliphatic rings. The normalized spacial score (nSPS) is 17.4. The monoisotopic (exact) mass is 400 g/mol. The molecule has 1 fully saturated rings. The van der Waals surface area contributed by atoms with Gasteiger partial charge in [-0.3, -0.25) is 5.32 Å². The maximum Gasteiger partial charge on any atom is 0.326 e. The van der Waals surface area contributed by atoms with Gasteiger partial charge < -0.3 is 10.2 Å². The van der Waals surface area contributed by atoms with Crippen LogP contribution in [0.5, 0.6) is 0 Å². The first-order chi connectivity index (χ1) is 13.4. The predicted molar refractivity (Wildman–Crippen MR) is 112 cm³/mol. The van der Waals surface area contributed by atoms with Crippen LogP contribution in [0.1, 0.15) is 31.2 Å². The second-order valence-corrected chi connectivity index (χ2v) is 7.61. The fourth-order valence-electron chi connectivity index (χ4n) is 3.24. The topological polar surface area (TPSA) is 82.5 Å². The Morgan fingerprint density at radius 2 is 2.00 bits per heavy atom. The number of rotatable bonds is 2. The third-order valence-electron chi connectivity index (χ3n) is 4.44. The van der Waals surface area contributed by atoms with E-state index in [-0.39, 0.29) is 6.03 Å². The lowest BCUT2D eigenvalue weighted by molar-refractivity contribution is 0.247. The molecule has 28 heavy (non-hydrogen) atoms. The molecule has 2 heterocycles. The standard InChI is InChI=1S/C20H25ClN6O/c1-13-6-5-9-27(12-13)19(25-18-22-14(2)10-15(3)23-18)26-20(28)24-17-8-4-7-16(21)11-17/h4,7-8,10-11,13H,5-6,9,12H2,1-3H3,(H2,22,23,24,25,26,28). The summed E-state index contributed by atoms with van der Waals surface area (Å²) in [6, 6.07) is 8.50. The molecule has 2 N–H and O–H groups in total. The molecule has 2 aromatic rings. The van der Waals surface area contributed by atoms with Crippen LogP contribution in [0.3, 0.4) is 0 Å². The van der Waals surface area contributed by atoms with E-state index in [2.05, 4.69) is 37.4 Å². The average molecular weight is 401 g/mol. The van der Waals surface area contributed by atoms with Crippen molar-refractivity contribution < 1.29 is 4.79 Å². The van der Waals surface area contributed by atoms with E-state index >= 15 is 0 Å². The van der Waals surface area contributed by atoms with Gasteiger partial charge in [0.15, 0.2) is 0 Å². The minimum atomic E-state index is -0.386. The lowest BCUT2D eigenvalue weighted by atomic mass is 10.0. The van der Waals surface area contributed by atoms with Crippen molar-refractivity contribution in [3.05, 3.63) is 46.7 Å². The van der Waals surface area contributed by atoms with Crippen molar-refractivity contribution in [1.29, 1.82) is 0 Å². The molecule has 0 saturated carbocycles. The van der Waals surface area contributed by atoms with Gasteiger partial charge in [-0.25, -0.2) is 14.8 Å². The smallest absolute Gasteiger partial charge is 0.326 e. The van der Waals surface area contributed by atoms with Crippen LogP contribution < -0.4 is 10.6 Å². The summed E-state index contributed by atoms with van der Waals surface area (Å²) in [4.78, 5) is 28.0. The van der Waals surface area contributed by atoms with E-state index < -0.39 is 0 Å². The highest BCUT2D eigenvalue weighted by Crippen LogP contribution is 2.18. The molecule has 3 rings (SSSR count). The summed E-state index contributed by atoms with van der Waals surface area (Å²) < 4.78 is 0. The van der Waals surface area contributed by atoms with E-state index in [1.807, 2.05) is 19.9 Å². The van der Waals surface area contributed by atoms with E-state index in [4.69, 9.17) is 11.6 Å². The molecule has 7 nitrogen and oxygen atoms in total. The number of piperidine rings is 1. The molecule has 2 amide bonds. The van der Waals surface area contributed by atoms with Crippen molar-refractivity contribution in [2.24, 2.45) is 10.9 Å². The number of carbonyl (C=O) groups is 1. The molecule has 1 aromatic carbocycles. The van der Waals surface area contributed by atoms with Crippen LogP contribution in [0.15, 0.2) is 35.3 Å². The largest absolute Gasteiger partial charge is 0.342 e. The number of aromatic nitrogens is 2. The number of likely N-dealkylation sites (tertiary alicyclic amines) is 1. The number of hydrogen-bond acceptors (Lipinski definition) is 4. The average Bonchev–Trinajstić information content (AvgIpc) is 2.60. The van der Waals surface area contributed by atoms with Crippen molar-refractivity contribution in [3.8, 4) is 0 Å². The molecule has 1 aromatic heterocycles. The number of amides is 2. The van der Waals surface area contributed by atoms with Crippen molar-refractivity contribution in [1.82, 2.24) is 20.2 Å². The summed E-state index contributed by atoms with van der Waals surface area (Å²) >= 11 is 5.99. The maximum absolute atomic E-state index is 12.6. The van der Waals surface area contributed by atoms with Crippen molar-refractivity contribution in [2.45, 2.75) is 33.6 Å². The number of aryl methyl sites for hydroxylation is 2. The SMILES string of the molecule is Cc1cc(C)nc(/N=C(/NC(=O)Nc2cccc(Cl)c2)N2CCCC(C)C2)n1. The number of urea groups is 1. The molecule has 0 radical (unpaired) electrons. The predicted octanol–water partition coefficient (Wildman–Crippen LogP) is 4.29. The van der Waals surface area contributed by atoms with Gasteiger partial charge in [-0.2, -0.15) is 4.99 Å². The van der Waals surface area contributed by atoms with E-state index in [9.17, 15) is 4.79 Å². The number of guanidine groups is 1. The van der Waals surface area contributed by atoms with Crippen LogP contribution in [0.4, 0.5) is 16.4 Å². The van der Waals surface area contributed by atoms with Crippen LogP contribution in [0.25, 0.3) is 0 Å². The Labute approximate surface area is 170 Å². The fourth-order valence-corrected chi connectivity index (χ4v) is 3.43. The van der Waals surface area contributed by atoms with E-state index in [0.29, 0.717) is 28.5 Å². The van der Waals surface area contributed by atoms with Crippen molar-refractivity contribution in [3.63, 3.8) is 0 Å². The molecule has 1 atom stereocenters. The molecule has 1 saturated heterocycles. The second-order valence-electron chi connectivity index (χ2n) is 7.17. The number of nitrogens with one attached hydrogen (secondary N) is 2.